The van der Waals surface area contributed by atoms with Crippen LogP contribution in [0, 0.1) is 0 Å². The maximum Gasteiger partial charge on any atom is 0.132 e. The van der Waals surface area contributed by atoms with Gasteiger partial charge in [0.25, 0.3) is 0 Å². The normalized spacial score (nSPS) is 24.8. The summed E-state index contributed by atoms with van der Waals surface area (Å²) in [7, 11) is 0. The van der Waals surface area contributed by atoms with Crippen LogP contribution in [0.25, 0.3) is 0 Å². The average Bonchev–Trinajstić information content (AvgIpc) is 2.99. The lowest BCUT2D eigenvalue weighted by Crippen LogP contribution is -2.36. The average molecular weight is 385 g/mol. The molecule has 3 nitrogen and oxygen atoms in total. The van der Waals surface area contributed by atoms with Crippen LogP contribution in [0.15, 0.2) is 72.8 Å². The molecule has 4 heteroatoms. The first kappa shape index (κ1) is 20.2. The summed E-state index contributed by atoms with van der Waals surface area (Å²) >= 11 is 1.74. The summed E-state index contributed by atoms with van der Waals surface area (Å²) in [5, 5.41) is 0. The zero-order valence-corrected chi connectivity index (χ0v) is 16.9. The second-order valence-electron chi connectivity index (χ2n) is 7.00. The van der Waals surface area contributed by atoms with Crippen molar-refractivity contribution in [3.05, 3.63) is 83.9 Å². The van der Waals surface area contributed by atoms with Crippen LogP contribution in [0.4, 0.5) is 0 Å². The molecule has 0 N–H and O–H groups in total. The Kier molecular flexibility index (Phi) is 7.53. The zero-order valence-electron chi connectivity index (χ0n) is 16.0. The highest BCUT2D eigenvalue weighted by Gasteiger charge is 2.44. The Morgan fingerprint density at radius 1 is 0.926 bits per heavy atom. The van der Waals surface area contributed by atoms with Crippen LogP contribution in [0.2, 0.25) is 0 Å². The molecule has 0 amide bonds. The predicted octanol–water partition coefficient (Wildman–Crippen LogP) is 5.21. The van der Waals surface area contributed by atoms with Crippen LogP contribution in [-0.4, -0.2) is 29.5 Å². The van der Waals surface area contributed by atoms with Crippen molar-refractivity contribution in [1.82, 2.24) is 0 Å². The fraction of sp³-hybridized carbons (Fsp3) is 0.391. The minimum absolute atomic E-state index is 0.0166. The lowest BCUT2D eigenvalue weighted by molar-refractivity contribution is -0.0719. The molecule has 4 atom stereocenters. The van der Waals surface area contributed by atoms with E-state index in [2.05, 4.69) is 37.8 Å². The molecule has 0 saturated carbocycles. The Balaban J connectivity index is 1.66. The third kappa shape index (κ3) is 5.94. The summed E-state index contributed by atoms with van der Waals surface area (Å²) in [5.41, 5.74) is 3.39. The standard InChI is InChI=1S/C23H28O3S/c1-17(2)16-27-23-22(25-15-20-12-8-5-9-13-20)21(18(3)26-23)24-14-19-10-6-4-7-11-19/h4-13,18,21-23H,1,14-16H2,2-3H3/t18-,21-,22-,23+/m1/s1. The highest BCUT2D eigenvalue weighted by Crippen LogP contribution is 2.34. The second-order valence-corrected chi connectivity index (χ2v) is 8.09. The van der Waals surface area contributed by atoms with E-state index < -0.39 is 0 Å². The molecule has 0 spiro atoms. The Labute approximate surface area is 166 Å². The van der Waals surface area contributed by atoms with Gasteiger partial charge in [-0.3, -0.25) is 0 Å². The van der Waals surface area contributed by atoms with Crippen molar-refractivity contribution in [3.8, 4) is 0 Å². The Bertz CT molecular complexity index is 704. The molecule has 1 heterocycles. The summed E-state index contributed by atoms with van der Waals surface area (Å²) in [5.74, 6) is 0.855. The molecule has 27 heavy (non-hydrogen) atoms. The number of ether oxygens (including phenoxy) is 3. The van der Waals surface area contributed by atoms with Gasteiger partial charge in [0.2, 0.25) is 0 Å². The number of rotatable bonds is 9. The maximum atomic E-state index is 6.30. The fourth-order valence-electron chi connectivity index (χ4n) is 3.08. The van der Waals surface area contributed by atoms with Crippen molar-refractivity contribution < 1.29 is 14.2 Å². The van der Waals surface area contributed by atoms with Crippen LogP contribution >= 0.6 is 11.8 Å². The topological polar surface area (TPSA) is 27.7 Å². The van der Waals surface area contributed by atoms with Crippen LogP contribution in [-0.2, 0) is 27.4 Å². The molecule has 2 aromatic rings. The summed E-state index contributed by atoms with van der Waals surface area (Å²) in [4.78, 5) is 0. The summed E-state index contributed by atoms with van der Waals surface area (Å²) in [6.07, 6.45) is -0.234. The number of hydrogen-bond acceptors (Lipinski definition) is 4. The molecular formula is C23H28O3S. The number of benzene rings is 2. The van der Waals surface area contributed by atoms with Crippen molar-refractivity contribution in [1.29, 1.82) is 0 Å². The number of thioether (sulfide) groups is 1. The Hall–Kier alpha value is -1.59. The van der Waals surface area contributed by atoms with Gasteiger partial charge in [-0.2, -0.15) is 0 Å². The first-order valence-corrected chi connectivity index (χ1v) is 10.4. The van der Waals surface area contributed by atoms with E-state index in [4.69, 9.17) is 14.2 Å². The molecule has 0 aromatic heterocycles. The van der Waals surface area contributed by atoms with Gasteiger partial charge in [-0.1, -0.05) is 72.8 Å². The minimum Gasteiger partial charge on any atom is -0.368 e. The van der Waals surface area contributed by atoms with Gasteiger partial charge in [0.1, 0.15) is 17.6 Å². The van der Waals surface area contributed by atoms with Gasteiger partial charge < -0.3 is 14.2 Å². The van der Waals surface area contributed by atoms with E-state index in [9.17, 15) is 0 Å². The minimum atomic E-state index is -0.117. The van der Waals surface area contributed by atoms with Crippen molar-refractivity contribution in [3.63, 3.8) is 0 Å². The van der Waals surface area contributed by atoms with E-state index in [-0.39, 0.29) is 23.7 Å². The highest BCUT2D eigenvalue weighted by atomic mass is 32.2. The molecule has 144 valence electrons. The van der Waals surface area contributed by atoms with Crippen molar-refractivity contribution in [2.24, 2.45) is 0 Å². The van der Waals surface area contributed by atoms with Crippen LogP contribution in [0.5, 0.6) is 0 Å². The molecule has 3 rings (SSSR count). The summed E-state index contributed by atoms with van der Waals surface area (Å²) in [6, 6.07) is 20.5. The van der Waals surface area contributed by atoms with Crippen molar-refractivity contribution in [2.75, 3.05) is 5.75 Å². The van der Waals surface area contributed by atoms with Crippen molar-refractivity contribution in [2.45, 2.75) is 50.8 Å². The van der Waals surface area contributed by atoms with E-state index in [1.807, 2.05) is 43.3 Å². The highest BCUT2D eigenvalue weighted by molar-refractivity contribution is 8.00. The monoisotopic (exact) mass is 384 g/mol. The van der Waals surface area contributed by atoms with Crippen LogP contribution < -0.4 is 0 Å². The molecule has 0 bridgehead atoms. The van der Waals surface area contributed by atoms with Gasteiger partial charge in [-0.15, -0.1) is 11.8 Å². The Morgan fingerprint density at radius 2 is 1.44 bits per heavy atom. The SMILES string of the molecule is C=C(C)CS[C@@H]1O[C@H](C)[C@@H](OCc2ccccc2)[C@H]1OCc1ccccc1. The van der Waals surface area contributed by atoms with E-state index in [1.165, 1.54) is 0 Å². The molecule has 2 aromatic carbocycles. The lowest BCUT2D eigenvalue weighted by Gasteiger charge is -2.24. The maximum absolute atomic E-state index is 6.30. The van der Waals surface area contributed by atoms with Gasteiger partial charge in [0.15, 0.2) is 0 Å². The van der Waals surface area contributed by atoms with Gasteiger partial charge >= 0.3 is 0 Å². The molecule has 0 unspecified atom stereocenters. The van der Waals surface area contributed by atoms with Crippen LogP contribution in [0.1, 0.15) is 25.0 Å². The lowest BCUT2D eigenvalue weighted by atomic mass is 10.1. The molecule has 0 radical (unpaired) electrons. The van der Waals surface area contributed by atoms with Crippen LogP contribution in [0.3, 0.4) is 0 Å². The number of hydrogen-bond donors (Lipinski definition) is 0. The quantitative estimate of drug-likeness (QED) is 0.555. The smallest absolute Gasteiger partial charge is 0.132 e. The molecule has 1 saturated heterocycles. The second kappa shape index (κ2) is 10.1. The Morgan fingerprint density at radius 3 is 1.96 bits per heavy atom. The molecule has 1 aliphatic rings. The zero-order chi connectivity index (χ0) is 19.1. The summed E-state index contributed by atoms with van der Waals surface area (Å²) in [6.45, 7) is 9.21. The first-order valence-electron chi connectivity index (χ1n) is 9.36. The third-order valence-corrected chi connectivity index (χ3v) is 5.84. The van der Waals surface area contributed by atoms with Gasteiger partial charge in [0, 0.05) is 5.75 Å². The van der Waals surface area contributed by atoms with E-state index in [0.717, 1.165) is 22.5 Å². The van der Waals surface area contributed by atoms with Gasteiger partial charge in [-0.25, -0.2) is 0 Å². The van der Waals surface area contributed by atoms with E-state index in [0.29, 0.717) is 13.2 Å². The summed E-state index contributed by atoms with van der Waals surface area (Å²) < 4.78 is 18.7. The predicted molar refractivity (Wildman–Crippen MR) is 112 cm³/mol. The van der Waals surface area contributed by atoms with E-state index >= 15 is 0 Å². The largest absolute Gasteiger partial charge is 0.368 e. The van der Waals surface area contributed by atoms with E-state index in [1.54, 1.807) is 11.8 Å². The first-order chi connectivity index (χ1) is 13.1. The fourth-order valence-corrected chi connectivity index (χ4v) is 4.21. The molecular weight excluding hydrogens is 356 g/mol. The third-order valence-electron chi connectivity index (χ3n) is 4.47. The van der Waals surface area contributed by atoms with Gasteiger partial charge in [-0.05, 0) is 25.0 Å². The van der Waals surface area contributed by atoms with Gasteiger partial charge in [0.05, 0.1) is 19.3 Å². The molecule has 1 fully saturated rings. The molecule has 0 aliphatic carbocycles. The molecule has 1 aliphatic heterocycles. The van der Waals surface area contributed by atoms with Crippen molar-refractivity contribution >= 4 is 11.8 Å².